The molecule has 12 heavy (non-hydrogen) atoms. The predicted octanol–water partition coefficient (Wildman–Crippen LogP) is 1.95. The van der Waals surface area contributed by atoms with Crippen LogP contribution in [0.1, 0.15) is 39.5 Å². The minimum Gasteiger partial charge on any atom is -0.356 e. The Morgan fingerprint density at radius 1 is 1.50 bits per heavy atom. The average Bonchev–Trinajstić information content (AvgIpc) is 2.47. The van der Waals surface area contributed by atoms with Crippen molar-refractivity contribution in [2.45, 2.75) is 39.5 Å². The lowest BCUT2D eigenvalue weighted by Gasteiger charge is -2.15. The molecular formula is C10H19NO. The molecule has 0 heterocycles. The quantitative estimate of drug-likeness (QED) is 0.687. The van der Waals surface area contributed by atoms with E-state index in [1.807, 2.05) is 6.92 Å². The van der Waals surface area contributed by atoms with Gasteiger partial charge in [-0.3, -0.25) is 4.79 Å². The number of carbonyl (C=O) groups is 1. The molecular weight excluding hydrogens is 150 g/mol. The molecule has 0 radical (unpaired) electrons. The van der Waals surface area contributed by atoms with Crippen molar-refractivity contribution in [2.75, 3.05) is 6.54 Å². The minimum absolute atomic E-state index is 0.189. The van der Waals surface area contributed by atoms with Crippen LogP contribution in [0.5, 0.6) is 0 Å². The molecule has 0 bridgehead atoms. The minimum atomic E-state index is 0.189. The Morgan fingerprint density at radius 2 is 2.25 bits per heavy atom. The van der Waals surface area contributed by atoms with E-state index in [2.05, 4.69) is 12.2 Å². The van der Waals surface area contributed by atoms with Gasteiger partial charge in [-0.2, -0.15) is 0 Å². The van der Waals surface area contributed by atoms with Gasteiger partial charge in [0.15, 0.2) is 0 Å². The summed E-state index contributed by atoms with van der Waals surface area (Å²) >= 11 is 0. The van der Waals surface area contributed by atoms with E-state index < -0.39 is 0 Å². The number of nitrogens with one attached hydrogen (secondary N) is 1. The smallest absolute Gasteiger partial charge is 0.219 e. The first-order valence-electron chi connectivity index (χ1n) is 5.00. The van der Waals surface area contributed by atoms with Crippen molar-refractivity contribution < 1.29 is 4.79 Å². The Labute approximate surface area is 74.7 Å². The molecule has 1 amide bonds. The van der Waals surface area contributed by atoms with Crippen molar-refractivity contribution >= 4 is 5.91 Å². The van der Waals surface area contributed by atoms with Gasteiger partial charge in [-0.05, 0) is 18.3 Å². The molecule has 1 rings (SSSR count). The fourth-order valence-electron chi connectivity index (χ4n) is 1.90. The maximum Gasteiger partial charge on any atom is 0.219 e. The second-order valence-electron chi connectivity index (χ2n) is 3.83. The molecule has 1 N–H and O–H groups in total. The van der Waals surface area contributed by atoms with Crippen molar-refractivity contribution in [2.24, 2.45) is 11.8 Å². The van der Waals surface area contributed by atoms with E-state index in [1.54, 1.807) is 0 Å². The highest BCUT2D eigenvalue weighted by molar-refractivity contribution is 5.75. The Balaban J connectivity index is 2.18. The molecule has 0 aromatic heterocycles. The summed E-state index contributed by atoms with van der Waals surface area (Å²) < 4.78 is 0. The summed E-state index contributed by atoms with van der Waals surface area (Å²) in [5.41, 5.74) is 0. The summed E-state index contributed by atoms with van der Waals surface area (Å²) in [5.74, 6) is 1.73. The maximum absolute atomic E-state index is 11.0. The Kier molecular flexibility index (Phi) is 3.57. The molecule has 2 atom stereocenters. The van der Waals surface area contributed by atoms with Gasteiger partial charge in [0.25, 0.3) is 0 Å². The van der Waals surface area contributed by atoms with Crippen LogP contribution in [0.15, 0.2) is 0 Å². The van der Waals surface area contributed by atoms with E-state index in [0.717, 1.165) is 18.4 Å². The topological polar surface area (TPSA) is 29.1 Å². The first-order valence-corrected chi connectivity index (χ1v) is 5.00. The van der Waals surface area contributed by atoms with Crippen LogP contribution in [-0.4, -0.2) is 12.5 Å². The molecule has 0 aromatic carbocycles. The zero-order chi connectivity index (χ0) is 8.97. The van der Waals surface area contributed by atoms with E-state index in [9.17, 15) is 4.79 Å². The second-order valence-corrected chi connectivity index (χ2v) is 3.83. The van der Waals surface area contributed by atoms with Crippen molar-refractivity contribution in [1.29, 1.82) is 0 Å². The van der Waals surface area contributed by atoms with Crippen LogP contribution in [-0.2, 0) is 4.79 Å². The van der Waals surface area contributed by atoms with E-state index in [-0.39, 0.29) is 5.91 Å². The molecule has 2 unspecified atom stereocenters. The van der Waals surface area contributed by atoms with Gasteiger partial charge in [-0.25, -0.2) is 0 Å². The van der Waals surface area contributed by atoms with Crippen LogP contribution in [0.25, 0.3) is 0 Å². The van der Waals surface area contributed by atoms with Crippen molar-refractivity contribution in [3.05, 3.63) is 0 Å². The first-order chi connectivity index (χ1) is 5.74. The summed E-state index contributed by atoms with van der Waals surface area (Å²) in [6.07, 6.45) is 4.59. The second kappa shape index (κ2) is 4.48. The first kappa shape index (κ1) is 9.56. The van der Waals surface area contributed by atoms with Gasteiger partial charge < -0.3 is 5.32 Å². The zero-order valence-electron chi connectivity index (χ0n) is 8.10. The number of carbonyl (C=O) groups excluding carboxylic acids is 1. The van der Waals surface area contributed by atoms with Crippen molar-refractivity contribution in [1.82, 2.24) is 5.32 Å². The van der Waals surface area contributed by atoms with Crippen LogP contribution in [0.3, 0.4) is 0 Å². The molecule has 1 aliphatic rings. The zero-order valence-corrected chi connectivity index (χ0v) is 8.10. The SMILES string of the molecule is CCC(=O)NCC1CCCC1C. The predicted molar refractivity (Wildman–Crippen MR) is 49.8 cm³/mol. The van der Waals surface area contributed by atoms with E-state index in [1.165, 1.54) is 19.3 Å². The highest BCUT2D eigenvalue weighted by Crippen LogP contribution is 2.30. The summed E-state index contributed by atoms with van der Waals surface area (Å²) in [4.78, 5) is 11.0. The van der Waals surface area contributed by atoms with Crippen LogP contribution in [0, 0.1) is 11.8 Å². The van der Waals surface area contributed by atoms with E-state index >= 15 is 0 Å². The largest absolute Gasteiger partial charge is 0.356 e. The Morgan fingerprint density at radius 3 is 2.75 bits per heavy atom. The summed E-state index contributed by atoms with van der Waals surface area (Å²) in [6, 6.07) is 0. The summed E-state index contributed by atoms with van der Waals surface area (Å²) in [7, 11) is 0. The van der Waals surface area contributed by atoms with Gasteiger partial charge in [-0.1, -0.05) is 26.7 Å². The number of hydrogen-bond donors (Lipinski definition) is 1. The molecule has 2 nitrogen and oxygen atoms in total. The highest BCUT2D eigenvalue weighted by Gasteiger charge is 2.22. The molecule has 70 valence electrons. The van der Waals surface area contributed by atoms with Crippen LogP contribution in [0.4, 0.5) is 0 Å². The van der Waals surface area contributed by atoms with Crippen LogP contribution in [0.2, 0.25) is 0 Å². The molecule has 0 saturated heterocycles. The van der Waals surface area contributed by atoms with E-state index in [0.29, 0.717) is 6.42 Å². The Hall–Kier alpha value is -0.530. The van der Waals surface area contributed by atoms with Gasteiger partial charge in [0.05, 0.1) is 0 Å². The highest BCUT2D eigenvalue weighted by atomic mass is 16.1. The molecule has 0 spiro atoms. The Bertz CT molecular complexity index is 156. The monoisotopic (exact) mass is 169 g/mol. The van der Waals surface area contributed by atoms with Crippen LogP contribution >= 0.6 is 0 Å². The average molecular weight is 169 g/mol. The molecule has 0 aliphatic heterocycles. The summed E-state index contributed by atoms with van der Waals surface area (Å²) in [5, 5.41) is 2.97. The van der Waals surface area contributed by atoms with Crippen molar-refractivity contribution in [3.63, 3.8) is 0 Å². The van der Waals surface area contributed by atoms with Crippen LogP contribution < -0.4 is 5.32 Å². The van der Waals surface area contributed by atoms with Gasteiger partial charge >= 0.3 is 0 Å². The molecule has 0 aromatic rings. The molecule has 2 heteroatoms. The third kappa shape index (κ3) is 2.50. The maximum atomic E-state index is 11.0. The molecule has 1 saturated carbocycles. The lowest BCUT2D eigenvalue weighted by molar-refractivity contribution is -0.121. The van der Waals surface area contributed by atoms with E-state index in [4.69, 9.17) is 0 Å². The van der Waals surface area contributed by atoms with Gasteiger partial charge in [0.1, 0.15) is 0 Å². The van der Waals surface area contributed by atoms with Gasteiger partial charge in [-0.15, -0.1) is 0 Å². The third-order valence-electron chi connectivity index (χ3n) is 2.92. The third-order valence-corrected chi connectivity index (χ3v) is 2.92. The number of rotatable bonds is 3. The standard InChI is InChI=1S/C10H19NO/c1-3-10(12)11-7-9-6-4-5-8(9)2/h8-9H,3-7H2,1-2H3,(H,11,12). The molecule has 1 fully saturated rings. The number of amides is 1. The number of hydrogen-bond acceptors (Lipinski definition) is 1. The lowest BCUT2D eigenvalue weighted by atomic mass is 9.98. The fourth-order valence-corrected chi connectivity index (χ4v) is 1.90. The molecule has 1 aliphatic carbocycles. The fraction of sp³-hybridized carbons (Fsp3) is 0.900. The normalized spacial score (nSPS) is 28.8. The summed E-state index contributed by atoms with van der Waals surface area (Å²) in [6.45, 7) is 5.08. The van der Waals surface area contributed by atoms with Crippen molar-refractivity contribution in [3.8, 4) is 0 Å². The lowest BCUT2D eigenvalue weighted by Crippen LogP contribution is -2.29. The van der Waals surface area contributed by atoms with Gasteiger partial charge in [0, 0.05) is 13.0 Å². The van der Waals surface area contributed by atoms with Gasteiger partial charge in [0.2, 0.25) is 5.91 Å².